The molecule has 0 aliphatic rings. The van der Waals surface area contributed by atoms with Crippen LogP contribution < -0.4 is 4.74 Å². The van der Waals surface area contributed by atoms with Crippen molar-refractivity contribution in [1.82, 2.24) is 0 Å². The van der Waals surface area contributed by atoms with Crippen molar-refractivity contribution in [1.29, 1.82) is 0 Å². The van der Waals surface area contributed by atoms with Crippen LogP contribution in [0.2, 0.25) is 0 Å². The molecule has 0 radical (unpaired) electrons. The summed E-state index contributed by atoms with van der Waals surface area (Å²) in [5.41, 5.74) is 1.37. The second-order valence-corrected chi connectivity index (χ2v) is 4.35. The minimum Gasteiger partial charge on any atom is -0.507 e. The lowest BCUT2D eigenvalue weighted by Crippen LogP contribution is -2.02. The summed E-state index contributed by atoms with van der Waals surface area (Å²) in [7, 11) is 1.36. The molecule has 4 nitrogen and oxygen atoms in total. The van der Waals surface area contributed by atoms with E-state index >= 15 is 0 Å². The molecule has 0 amide bonds. The lowest BCUT2D eigenvalue weighted by molar-refractivity contribution is 0.104. The normalized spacial score (nSPS) is 9.84. The van der Waals surface area contributed by atoms with Crippen LogP contribution >= 0.6 is 0 Å². The maximum atomic E-state index is 11.8. The standard InChI is InChI=1S/C15H18O4/c1-5-11(16)14-13(19-4)8-12(17)10(15(14)18)7-6-9(2)3/h5-6,8,17-18H,1,7H2,2-4H3. The fourth-order valence-electron chi connectivity index (χ4n) is 1.68. The van der Waals surface area contributed by atoms with Gasteiger partial charge in [0.1, 0.15) is 22.8 Å². The number of phenolic OH excluding ortho intramolecular Hbond substituents is 2. The Bertz CT molecular complexity index is 538. The Hall–Kier alpha value is -2.23. The first kappa shape index (κ1) is 14.8. The number of allylic oxidation sites excluding steroid dienone is 3. The Morgan fingerprint density at radius 3 is 2.53 bits per heavy atom. The minimum absolute atomic E-state index is 0.0208. The van der Waals surface area contributed by atoms with E-state index < -0.39 is 5.78 Å². The van der Waals surface area contributed by atoms with Gasteiger partial charge >= 0.3 is 0 Å². The number of aromatic hydroxyl groups is 2. The summed E-state index contributed by atoms with van der Waals surface area (Å²) in [6.07, 6.45) is 3.28. The number of hydrogen-bond acceptors (Lipinski definition) is 4. The van der Waals surface area contributed by atoms with Crippen molar-refractivity contribution in [3.63, 3.8) is 0 Å². The van der Waals surface area contributed by atoms with Crippen molar-refractivity contribution in [3.05, 3.63) is 41.5 Å². The van der Waals surface area contributed by atoms with Gasteiger partial charge in [0.15, 0.2) is 5.78 Å². The van der Waals surface area contributed by atoms with Crippen molar-refractivity contribution < 1.29 is 19.7 Å². The molecule has 0 spiro atoms. The molecule has 0 unspecified atom stereocenters. The van der Waals surface area contributed by atoms with Gasteiger partial charge in [0.05, 0.1) is 7.11 Å². The first-order valence-corrected chi connectivity index (χ1v) is 5.84. The van der Waals surface area contributed by atoms with E-state index in [2.05, 4.69) is 6.58 Å². The zero-order chi connectivity index (χ0) is 14.6. The Kier molecular flexibility index (Phi) is 4.75. The second-order valence-electron chi connectivity index (χ2n) is 4.35. The molecule has 1 aromatic rings. The van der Waals surface area contributed by atoms with E-state index in [4.69, 9.17) is 4.74 Å². The summed E-state index contributed by atoms with van der Waals surface area (Å²) in [5.74, 6) is -0.694. The third-order valence-corrected chi connectivity index (χ3v) is 2.71. The number of carbonyl (C=O) groups is 1. The summed E-state index contributed by atoms with van der Waals surface area (Å²) >= 11 is 0. The molecule has 0 bridgehead atoms. The van der Waals surface area contributed by atoms with Gasteiger partial charge in [-0.15, -0.1) is 0 Å². The number of ketones is 1. The van der Waals surface area contributed by atoms with Crippen LogP contribution in [0.1, 0.15) is 29.8 Å². The molecule has 0 fully saturated rings. The highest BCUT2D eigenvalue weighted by Crippen LogP contribution is 2.38. The van der Waals surface area contributed by atoms with Crippen molar-refractivity contribution in [2.24, 2.45) is 0 Å². The molecule has 19 heavy (non-hydrogen) atoms. The molecule has 102 valence electrons. The maximum Gasteiger partial charge on any atom is 0.192 e. The predicted molar refractivity (Wildman–Crippen MR) is 74.0 cm³/mol. The Labute approximate surface area is 112 Å². The van der Waals surface area contributed by atoms with Crippen LogP contribution in [0, 0.1) is 0 Å². The molecule has 0 aliphatic carbocycles. The summed E-state index contributed by atoms with van der Waals surface area (Å²) < 4.78 is 5.01. The zero-order valence-electron chi connectivity index (χ0n) is 11.4. The Morgan fingerprint density at radius 1 is 1.42 bits per heavy atom. The number of benzene rings is 1. The maximum absolute atomic E-state index is 11.8. The molecule has 1 rings (SSSR count). The van der Waals surface area contributed by atoms with Crippen LogP contribution in [0.4, 0.5) is 0 Å². The van der Waals surface area contributed by atoms with Gasteiger partial charge in [-0.3, -0.25) is 4.79 Å². The van der Waals surface area contributed by atoms with Gasteiger partial charge in [-0.05, 0) is 26.3 Å². The average Bonchev–Trinajstić information content (AvgIpc) is 2.36. The summed E-state index contributed by atoms with van der Waals surface area (Å²) in [4.78, 5) is 11.8. The van der Waals surface area contributed by atoms with Crippen LogP contribution in [0.3, 0.4) is 0 Å². The lowest BCUT2D eigenvalue weighted by Gasteiger charge is -2.13. The van der Waals surface area contributed by atoms with E-state index in [-0.39, 0.29) is 22.8 Å². The number of methoxy groups -OCH3 is 1. The average molecular weight is 262 g/mol. The number of hydrogen-bond donors (Lipinski definition) is 2. The third kappa shape index (κ3) is 3.16. The summed E-state index contributed by atoms with van der Waals surface area (Å²) in [5, 5.41) is 20.0. The van der Waals surface area contributed by atoms with E-state index in [0.717, 1.165) is 11.6 Å². The molecule has 0 saturated carbocycles. The highest BCUT2D eigenvalue weighted by atomic mass is 16.5. The quantitative estimate of drug-likeness (QED) is 0.486. The van der Waals surface area contributed by atoms with Gasteiger partial charge in [0.25, 0.3) is 0 Å². The zero-order valence-corrected chi connectivity index (χ0v) is 11.4. The molecule has 0 aromatic heterocycles. The first-order valence-electron chi connectivity index (χ1n) is 5.84. The molecule has 0 saturated heterocycles. The molecule has 1 aromatic carbocycles. The summed E-state index contributed by atoms with van der Waals surface area (Å²) in [6.45, 7) is 7.21. The topological polar surface area (TPSA) is 66.8 Å². The van der Waals surface area contributed by atoms with Crippen molar-refractivity contribution in [2.75, 3.05) is 7.11 Å². The third-order valence-electron chi connectivity index (χ3n) is 2.71. The van der Waals surface area contributed by atoms with E-state index in [1.54, 1.807) is 0 Å². The van der Waals surface area contributed by atoms with Crippen molar-refractivity contribution >= 4 is 5.78 Å². The van der Waals surface area contributed by atoms with Crippen LogP contribution in [0.5, 0.6) is 17.2 Å². The smallest absolute Gasteiger partial charge is 0.192 e. The van der Waals surface area contributed by atoms with Gasteiger partial charge in [-0.1, -0.05) is 18.2 Å². The fraction of sp³-hybridized carbons (Fsp3) is 0.267. The number of rotatable bonds is 5. The Morgan fingerprint density at radius 2 is 2.05 bits per heavy atom. The van der Waals surface area contributed by atoms with Crippen LogP contribution in [0.25, 0.3) is 0 Å². The van der Waals surface area contributed by atoms with Gasteiger partial charge in [-0.2, -0.15) is 0 Å². The fourth-order valence-corrected chi connectivity index (χ4v) is 1.68. The van der Waals surface area contributed by atoms with Crippen LogP contribution in [-0.2, 0) is 6.42 Å². The van der Waals surface area contributed by atoms with Gasteiger partial charge < -0.3 is 14.9 Å². The predicted octanol–water partition coefficient (Wildman–Crippen LogP) is 2.98. The summed E-state index contributed by atoms with van der Waals surface area (Å²) in [6, 6.07) is 1.32. The molecule has 0 atom stereocenters. The SMILES string of the molecule is C=CC(=O)c1c(OC)cc(O)c(CC=C(C)C)c1O. The van der Waals surface area contributed by atoms with E-state index in [9.17, 15) is 15.0 Å². The number of carbonyl (C=O) groups excluding carboxylic acids is 1. The van der Waals surface area contributed by atoms with Crippen molar-refractivity contribution in [2.45, 2.75) is 20.3 Å². The molecule has 0 heterocycles. The number of phenols is 2. The largest absolute Gasteiger partial charge is 0.507 e. The van der Waals surface area contributed by atoms with Gasteiger partial charge in [-0.25, -0.2) is 0 Å². The van der Waals surface area contributed by atoms with Crippen molar-refractivity contribution in [3.8, 4) is 17.2 Å². The van der Waals surface area contributed by atoms with Gasteiger partial charge in [0, 0.05) is 11.6 Å². The monoisotopic (exact) mass is 262 g/mol. The highest BCUT2D eigenvalue weighted by molar-refractivity contribution is 6.08. The van der Waals surface area contributed by atoms with Crippen LogP contribution in [0.15, 0.2) is 30.4 Å². The Balaban J connectivity index is 3.45. The first-order chi connectivity index (χ1) is 8.92. The molecule has 4 heteroatoms. The molecule has 2 N–H and O–H groups in total. The molecular formula is C15H18O4. The van der Waals surface area contributed by atoms with Gasteiger partial charge in [0.2, 0.25) is 0 Å². The minimum atomic E-state index is -0.451. The molecular weight excluding hydrogens is 244 g/mol. The van der Waals surface area contributed by atoms with Crippen LogP contribution in [-0.4, -0.2) is 23.1 Å². The van der Waals surface area contributed by atoms with E-state index in [1.165, 1.54) is 13.2 Å². The lowest BCUT2D eigenvalue weighted by atomic mass is 10.00. The second kappa shape index (κ2) is 6.09. The van der Waals surface area contributed by atoms with E-state index in [0.29, 0.717) is 12.0 Å². The highest BCUT2D eigenvalue weighted by Gasteiger charge is 2.21. The van der Waals surface area contributed by atoms with E-state index in [1.807, 2.05) is 19.9 Å². The molecule has 0 aliphatic heterocycles. The number of ether oxygens (including phenoxy) is 1.